The maximum absolute atomic E-state index is 14.0. The van der Waals surface area contributed by atoms with E-state index in [0.717, 1.165) is 36.2 Å². The number of hydrogen-bond acceptors (Lipinski definition) is 1. The monoisotopic (exact) mass is 279 g/mol. The van der Waals surface area contributed by atoms with Crippen LogP contribution in [0.1, 0.15) is 35.9 Å². The topological polar surface area (TPSA) is 25.2 Å². The fraction of sp³-hybridized carbons (Fsp3) is 0.333. The van der Waals surface area contributed by atoms with Crippen LogP contribution in [0.3, 0.4) is 0 Å². The molecule has 1 atom stereocenters. The Bertz CT molecular complexity index is 635. The van der Waals surface area contributed by atoms with Crippen LogP contribution in [-0.2, 0) is 6.42 Å². The number of aliphatic hydroxyl groups excluding tert-OH is 1. The molecule has 1 heterocycles. The molecule has 1 N–H and O–H groups in total. The maximum Gasteiger partial charge on any atom is 0.147 e. The number of aryl methyl sites for hydroxylation is 1. The lowest BCUT2D eigenvalue weighted by atomic mass is 9.95. The van der Waals surface area contributed by atoms with Gasteiger partial charge in [-0.1, -0.05) is 11.6 Å². The van der Waals surface area contributed by atoms with Gasteiger partial charge in [0.15, 0.2) is 0 Å². The third-order valence-electron chi connectivity index (χ3n) is 3.72. The summed E-state index contributed by atoms with van der Waals surface area (Å²) in [4.78, 5) is 0. The Morgan fingerprint density at radius 2 is 2.16 bits per heavy atom. The molecule has 0 spiro atoms. The second-order valence-electron chi connectivity index (χ2n) is 5.03. The van der Waals surface area contributed by atoms with Gasteiger partial charge in [-0.15, -0.1) is 0 Å². The molecule has 2 nitrogen and oxygen atoms in total. The molecule has 4 heteroatoms. The zero-order valence-electron chi connectivity index (χ0n) is 10.7. The lowest BCUT2D eigenvalue weighted by molar-refractivity contribution is 0.156. The van der Waals surface area contributed by atoms with Crippen molar-refractivity contribution in [3.8, 4) is 5.69 Å². The van der Waals surface area contributed by atoms with E-state index in [4.69, 9.17) is 11.6 Å². The van der Waals surface area contributed by atoms with Crippen molar-refractivity contribution in [3.63, 3.8) is 0 Å². The Labute approximate surface area is 116 Å². The normalized spacial score (nSPS) is 18.4. The van der Waals surface area contributed by atoms with Crippen molar-refractivity contribution in [1.29, 1.82) is 0 Å². The summed E-state index contributed by atoms with van der Waals surface area (Å²) >= 11 is 5.97. The summed E-state index contributed by atoms with van der Waals surface area (Å²) in [5.41, 5.74) is 3.30. The van der Waals surface area contributed by atoms with Gasteiger partial charge in [-0.2, -0.15) is 0 Å². The summed E-state index contributed by atoms with van der Waals surface area (Å²) in [5.74, 6) is -0.300. The highest BCUT2D eigenvalue weighted by molar-refractivity contribution is 6.30. The average molecular weight is 280 g/mol. The predicted octanol–water partition coefficient (Wildman–Crippen LogP) is 3.95. The molecule has 1 aromatic carbocycles. The van der Waals surface area contributed by atoms with Gasteiger partial charge in [-0.3, -0.25) is 0 Å². The van der Waals surface area contributed by atoms with Gasteiger partial charge in [-0.25, -0.2) is 4.39 Å². The zero-order chi connectivity index (χ0) is 13.6. The van der Waals surface area contributed by atoms with E-state index in [2.05, 4.69) is 0 Å². The molecule has 1 unspecified atom stereocenters. The number of hydrogen-bond donors (Lipinski definition) is 1. The van der Waals surface area contributed by atoms with Crippen LogP contribution in [-0.4, -0.2) is 9.67 Å². The van der Waals surface area contributed by atoms with E-state index >= 15 is 0 Å². The molecular formula is C15H15ClFNO. The second-order valence-corrected chi connectivity index (χ2v) is 5.46. The minimum absolute atomic E-state index is 0.300. The largest absolute Gasteiger partial charge is 0.388 e. The molecule has 19 heavy (non-hydrogen) atoms. The lowest BCUT2D eigenvalue weighted by Crippen LogP contribution is -2.12. The zero-order valence-corrected chi connectivity index (χ0v) is 11.4. The Morgan fingerprint density at radius 1 is 1.37 bits per heavy atom. The van der Waals surface area contributed by atoms with Crippen LogP contribution in [0.5, 0.6) is 0 Å². The molecule has 0 amide bonds. The summed E-state index contributed by atoms with van der Waals surface area (Å²) in [7, 11) is 0. The molecule has 100 valence electrons. The first-order chi connectivity index (χ1) is 9.08. The van der Waals surface area contributed by atoms with Gasteiger partial charge in [0, 0.05) is 22.0 Å². The number of fused-ring (bicyclic) bond motifs is 1. The molecule has 1 aromatic heterocycles. The molecule has 0 fully saturated rings. The summed E-state index contributed by atoms with van der Waals surface area (Å²) in [6.45, 7) is 1.92. The molecular weight excluding hydrogens is 265 g/mol. The number of benzene rings is 1. The van der Waals surface area contributed by atoms with Crippen molar-refractivity contribution in [3.05, 3.63) is 52.1 Å². The fourth-order valence-corrected chi connectivity index (χ4v) is 3.04. The first-order valence-electron chi connectivity index (χ1n) is 6.42. The van der Waals surface area contributed by atoms with E-state index in [9.17, 15) is 9.50 Å². The third-order valence-corrected chi connectivity index (χ3v) is 3.95. The van der Waals surface area contributed by atoms with Gasteiger partial charge < -0.3 is 9.67 Å². The van der Waals surface area contributed by atoms with E-state index in [1.807, 2.05) is 17.6 Å². The molecule has 3 rings (SSSR count). The molecule has 0 saturated carbocycles. The minimum Gasteiger partial charge on any atom is -0.388 e. The Kier molecular flexibility index (Phi) is 3.11. The predicted molar refractivity (Wildman–Crippen MR) is 73.4 cm³/mol. The second kappa shape index (κ2) is 4.66. The molecule has 1 aliphatic carbocycles. The van der Waals surface area contributed by atoms with Crippen molar-refractivity contribution >= 4 is 11.6 Å². The van der Waals surface area contributed by atoms with Crippen LogP contribution in [0.4, 0.5) is 4.39 Å². The van der Waals surface area contributed by atoms with E-state index in [-0.39, 0.29) is 5.82 Å². The van der Waals surface area contributed by atoms with Crippen LogP contribution < -0.4 is 0 Å². The number of rotatable bonds is 1. The smallest absolute Gasteiger partial charge is 0.147 e. The Balaban J connectivity index is 2.23. The van der Waals surface area contributed by atoms with Crippen LogP contribution in [0.25, 0.3) is 5.69 Å². The summed E-state index contributed by atoms with van der Waals surface area (Å²) in [5, 5.41) is 10.5. The Morgan fingerprint density at radius 3 is 2.95 bits per heavy atom. The Hall–Kier alpha value is -1.32. The number of halogens is 2. The van der Waals surface area contributed by atoms with Gasteiger partial charge in [0.1, 0.15) is 5.82 Å². The van der Waals surface area contributed by atoms with Crippen molar-refractivity contribution in [2.75, 3.05) is 0 Å². The molecule has 0 aliphatic heterocycles. The van der Waals surface area contributed by atoms with Crippen LogP contribution in [0.2, 0.25) is 5.02 Å². The first kappa shape index (κ1) is 12.7. The minimum atomic E-state index is -0.439. The average Bonchev–Trinajstić information content (AvgIpc) is 2.70. The molecule has 2 aromatic rings. The van der Waals surface area contributed by atoms with Gasteiger partial charge in [0.2, 0.25) is 0 Å². The van der Waals surface area contributed by atoms with Crippen LogP contribution in [0, 0.1) is 12.7 Å². The summed E-state index contributed by atoms with van der Waals surface area (Å²) < 4.78 is 15.9. The number of aromatic nitrogens is 1. The maximum atomic E-state index is 14.0. The first-order valence-corrected chi connectivity index (χ1v) is 6.80. The van der Waals surface area contributed by atoms with E-state index in [1.54, 1.807) is 12.1 Å². The SMILES string of the molecule is Cc1cc2c(n1-c1cc(Cl)ccc1F)CCCC2O. The van der Waals surface area contributed by atoms with Crippen molar-refractivity contribution < 1.29 is 9.50 Å². The van der Waals surface area contributed by atoms with Crippen molar-refractivity contribution in [2.24, 2.45) is 0 Å². The molecule has 0 saturated heterocycles. The highest BCUT2D eigenvalue weighted by Crippen LogP contribution is 2.35. The quantitative estimate of drug-likeness (QED) is 0.840. The van der Waals surface area contributed by atoms with E-state index in [1.165, 1.54) is 6.07 Å². The third kappa shape index (κ3) is 2.07. The van der Waals surface area contributed by atoms with Crippen molar-refractivity contribution in [1.82, 2.24) is 4.57 Å². The highest BCUT2D eigenvalue weighted by atomic mass is 35.5. The van der Waals surface area contributed by atoms with Gasteiger partial charge in [0.05, 0.1) is 11.8 Å². The molecule has 0 bridgehead atoms. The standard InChI is InChI=1S/C15H15ClFNO/c1-9-7-11-13(3-2-4-15(11)19)18(9)14-8-10(16)5-6-12(14)17/h5-8,15,19H,2-4H2,1H3. The lowest BCUT2D eigenvalue weighted by Gasteiger charge is -2.20. The highest BCUT2D eigenvalue weighted by Gasteiger charge is 2.24. The number of aliphatic hydroxyl groups is 1. The van der Waals surface area contributed by atoms with Gasteiger partial charge in [0.25, 0.3) is 0 Å². The molecule has 1 aliphatic rings. The van der Waals surface area contributed by atoms with Crippen molar-refractivity contribution in [2.45, 2.75) is 32.3 Å². The van der Waals surface area contributed by atoms with E-state index < -0.39 is 6.10 Å². The van der Waals surface area contributed by atoms with Gasteiger partial charge in [-0.05, 0) is 50.5 Å². The van der Waals surface area contributed by atoms with Crippen LogP contribution >= 0.6 is 11.6 Å². The summed E-state index contributed by atoms with van der Waals surface area (Å²) in [6, 6.07) is 6.49. The van der Waals surface area contributed by atoms with E-state index in [0.29, 0.717) is 10.7 Å². The fourth-order valence-electron chi connectivity index (χ4n) is 2.87. The molecule has 0 radical (unpaired) electrons. The van der Waals surface area contributed by atoms with Crippen LogP contribution in [0.15, 0.2) is 24.3 Å². The number of nitrogens with zero attached hydrogens (tertiary/aromatic N) is 1. The summed E-state index contributed by atoms with van der Waals surface area (Å²) in [6.07, 6.45) is 2.10. The van der Waals surface area contributed by atoms with Gasteiger partial charge >= 0.3 is 0 Å².